The van der Waals surface area contributed by atoms with E-state index in [9.17, 15) is 13.2 Å². The van der Waals surface area contributed by atoms with Crippen molar-refractivity contribution in [3.63, 3.8) is 0 Å². The average molecular weight is 388 g/mol. The summed E-state index contributed by atoms with van der Waals surface area (Å²) in [5.74, 6) is -0.0461. The number of aryl methyl sites for hydroxylation is 3. The minimum Gasteiger partial charge on any atom is -0.426 e. The minimum atomic E-state index is -3.54. The topological polar surface area (TPSA) is 63.7 Å². The fourth-order valence-electron chi connectivity index (χ4n) is 3.37. The van der Waals surface area contributed by atoms with E-state index >= 15 is 0 Å². The second-order valence-electron chi connectivity index (χ2n) is 7.18. The summed E-state index contributed by atoms with van der Waals surface area (Å²) in [7, 11) is -3.54. The third-order valence-corrected chi connectivity index (χ3v) is 7.03. The Labute approximate surface area is 161 Å². The van der Waals surface area contributed by atoms with Crippen LogP contribution in [0.5, 0.6) is 5.75 Å². The number of carbonyl (C=O) groups is 1. The maximum absolute atomic E-state index is 12.9. The summed E-state index contributed by atoms with van der Waals surface area (Å²) < 4.78 is 32.8. The van der Waals surface area contributed by atoms with E-state index < -0.39 is 10.0 Å². The third-order valence-electron chi connectivity index (χ3n) is 4.97. The molecule has 6 heteroatoms. The summed E-state index contributed by atoms with van der Waals surface area (Å²) in [5, 5.41) is 0. The van der Waals surface area contributed by atoms with Gasteiger partial charge in [0, 0.05) is 13.1 Å². The molecule has 0 aromatic heterocycles. The summed E-state index contributed by atoms with van der Waals surface area (Å²) in [6.07, 6.45) is 0.934. The Morgan fingerprint density at radius 3 is 2.15 bits per heavy atom. The molecule has 0 N–H and O–H groups in total. The van der Waals surface area contributed by atoms with Gasteiger partial charge in [0.25, 0.3) is 0 Å². The lowest BCUT2D eigenvalue weighted by atomic mass is 9.98. The highest BCUT2D eigenvalue weighted by atomic mass is 32.2. The molecular weight excluding hydrogens is 362 g/mol. The molecule has 1 aliphatic heterocycles. The first-order valence-corrected chi connectivity index (χ1v) is 10.6. The van der Waals surface area contributed by atoms with E-state index in [4.69, 9.17) is 4.74 Å². The van der Waals surface area contributed by atoms with Crippen LogP contribution in [-0.4, -0.2) is 31.8 Å². The smallest absolute Gasteiger partial charge is 0.314 e. The SMILES string of the molecule is Cc1ccc(OC(=O)C2CCN(S(=O)(=O)c3ccc(C)cc3C)CC2)cc1. The molecule has 1 saturated heterocycles. The molecule has 0 spiro atoms. The quantitative estimate of drug-likeness (QED) is 0.594. The highest BCUT2D eigenvalue weighted by Gasteiger charge is 2.33. The van der Waals surface area contributed by atoms with Crippen LogP contribution < -0.4 is 4.74 Å². The molecule has 0 atom stereocenters. The lowest BCUT2D eigenvalue weighted by molar-refractivity contribution is -0.140. The lowest BCUT2D eigenvalue weighted by Crippen LogP contribution is -2.41. The molecule has 144 valence electrons. The molecule has 0 amide bonds. The number of carbonyl (C=O) groups excluding carboxylic acids is 1. The predicted molar refractivity (Wildman–Crippen MR) is 104 cm³/mol. The molecule has 3 rings (SSSR count). The van der Waals surface area contributed by atoms with Crippen LogP contribution >= 0.6 is 0 Å². The monoisotopic (exact) mass is 387 g/mol. The Morgan fingerprint density at radius 1 is 0.963 bits per heavy atom. The number of hydrogen-bond acceptors (Lipinski definition) is 4. The Morgan fingerprint density at radius 2 is 1.56 bits per heavy atom. The molecule has 0 radical (unpaired) electrons. The number of sulfonamides is 1. The molecule has 0 saturated carbocycles. The van der Waals surface area contributed by atoms with Gasteiger partial charge in [-0.3, -0.25) is 4.79 Å². The summed E-state index contributed by atoms with van der Waals surface area (Å²) >= 11 is 0. The van der Waals surface area contributed by atoms with Crippen molar-refractivity contribution >= 4 is 16.0 Å². The molecule has 2 aromatic rings. The first-order valence-electron chi connectivity index (χ1n) is 9.13. The summed E-state index contributed by atoms with van der Waals surface area (Å²) in [5.41, 5.74) is 2.87. The van der Waals surface area contributed by atoms with Crippen molar-refractivity contribution in [3.8, 4) is 5.75 Å². The molecule has 5 nitrogen and oxygen atoms in total. The zero-order valence-corrected chi connectivity index (χ0v) is 16.8. The van der Waals surface area contributed by atoms with Gasteiger partial charge in [-0.05, 0) is 57.4 Å². The van der Waals surface area contributed by atoms with Gasteiger partial charge in [-0.1, -0.05) is 35.4 Å². The second kappa shape index (κ2) is 7.82. The fraction of sp³-hybridized carbons (Fsp3) is 0.381. The highest BCUT2D eigenvalue weighted by Crippen LogP contribution is 2.27. The van der Waals surface area contributed by atoms with Gasteiger partial charge in [0.05, 0.1) is 10.8 Å². The number of nitrogens with zero attached hydrogens (tertiary/aromatic N) is 1. The van der Waals surface area contributed by atoms with Gasteiger partial charge < -0.3 is 4.74 Å². The molecule has 0 bridgehead atoms. The molecule has 0 unspecified atom stereocenters. The number of rotatable bonds is 4. The summed E-state index contributed by atoms with van der Waals surface area (Å²) in [4.78, 5) is 12.7. The highest BCUT2D eigenvalue weighted by molar-refractivity contribution is 7.89. The summed E-state index contributed by atoms with van der Waals surface area (Å²) in [6.45, 7) is 6.37. The van der Waals surface area contributed by atoms with Crippen LogP contribution in [0.2, 0.25) is 0 Å². The molecular formula is C21H25NO4S. The van der Waals surface area contributed by atoms with Gasteiger partial charge in [-0.25, -0.2) is 8.42 Å². The van der Waals surface area contributed by atoms with E-state index in [2.05, 4.69) is 0 Å². The van der Waals surface area contributed by atoms with E-state index in [1.807, 2.05) is 45.0 Å². The first kappa shape index (κ1) is 19.6. The van der Waals surface area contributed by atoms with Crippen molar-refractivity contribution in [3.05, 3.63) is 59.2 Å². The normalized spacial score (nSPS) is 16.3. The molecule has 1 fully saturated rings. The van der Waals surface area contributed by atoms with Crippen molar-refractivity contribution in [2.75, 3.05) is 13.1 Å². The van der Waals surface area contributed by atoms with Gasteiger partial charge in [0.15, 0.2) is 0 Å². The van der Waals surface area contributed by atoms with E-state index in [1.54, 1.807) is 18.2 Å². The third kappa shape index (κ3) is 4.39. The van der Waals surface area contributed by atoms with Gasteiger partial charge in [0.2, 0.25) is 10.0 Å². The number of piperidine rings is 1. The Bertz CT molecular complexity index is 927. The van der Waals surface area contributed by atoms with Crippen LogP contribution in [0.4, 0.5) is 0 Å². The van der Waals surface area contributed by atoms with Crippen LogP contribution in [0.15, 0.2) is 47.4 Å². The zero-order valence-electron chi connectivity index (χ0n) is 15.9. The second-order valence-corrected chi connectivity index (χ2v) is 9.09. The predicted octanol–water partition coefficient (Wildman–Crippen LogP) is 3.62. The largest absolute Gasteiger partial charge is 0.426 e. The van der Waals surface area contributed by atoms with Crippen molar-refractivity contribution < 1.29 is 17.9 Å². The maximum Gasteiger partial charge on any atom is 0.314 e. The van der Waals surface area contributed by atoms with Crippen LogP contribution in [0.3, 0.4) is 0 Å². The average Bonchev–Trinajstić information content (AvgIpc) is 2.63. The van der Waals surface area contributed by atoms with E-state index in [0.717, 1.165) is 16.7 Å². The van der Waals surface area contributed by atoms with Crippen molar-refractivity contribution in [1.82, 2.24) is 4.31 Å². The van der Waals surface area contributed by atoms with Crippen LogP contribution in [0.1, 0.15) is 29.5 Å². The van der Waals surface area contributed by atoms with Crippen molar-refractivity contribution in [2.45, 2.75) is 38.5 Å². The standard InChI is InChI=1S/C21H25NO4S/c1-15-4-7-19(8-5-15)26-21(23)18-10-12-22(13-11-18)27(24,25)20-9-6-16(2)14-17(20)3/h4-9,14,18H,10-13H2,1-3H3. The van der Waals surface area contributed by atoms with Crippen LogP contribution in [-0.2, 0) is 14.8 Å². The Balaban J connectivity index is 1.64. The Hall–Kier alpha value is -2.18. The van der Waals surface area contributed by atoms with E-state index in [1.165, 1.54) is 4.31 Å². The van der Waals surface area contributed by atoms with Gasteiger partial charge in [-0.15, -0.1) is 0 Å². The van der Waals surface area contributed by atoms with E-state index in [-0.39, 0.29) is 11.9 Å². The van der Waals surface area contributed by atoms with Gasteiger partial charge in [-0.2, -0.15) is 4.31 Å². The van der Waals surface area contributed by atoms with E-state index in [0.29, 0.717) is 36.6 Å². The van der Waals surface area contributed by atoms with Crippen molar-refractivity contribution in [2.24, 2.45) is 5.92 Å². The Kier molecular flexibility index (Phi) is 5.67. The number of benzene rings is 2. The minimum absolute atomic E-state index is 0.281. The van der Waals surface area contributed by atoms with Crippen LogP contribution in [0, 0.1) is 26.7 Å². The lowest BCUT2D eigenvalue weighted by Gasteiger charge is -2.30. The number of esters is 1. The van der Waals surface area contributed by atoms with Crippen LogP contribution in [0.25, 0.3) is 0 Å². The maximum atomic E-state index is 12.9. The molecule has 1 aliphatic rings. The zero-order chi connectivity index (χ0) is 19.6. The molecule has 0 aliphatic carbocycles. The molecule has 1 heterocycles. The van der Waals surface area contributed by atoms with Crippen molar-refractivity contribution in [1.29, 1.82) is 0 Å². The summed E-state index contributed by atoms with van der Waals surface area (Å²) in [6, 6.07) is 12.7. The number of hydrogen-bond donors (Lipinski definition) is 0. The molecule has 2 aromatic carbocycles. The fourth-order valence-corrected chi connectivity index (χ4v) is 5.04. The van der Waals surface area contributed by atoms with Gasteiger partial charge >= 0.3 is 5.97 Å². The first-order chi connectivity index (χ1) is 12.8. The number of ether oxygens (including phenoxy) is 1. The molecule has 27 heavy (non-hydrogen) atoms. The van der Waals surface area contributed by atoms with Gasteiger partial charge in [0.1, 0.15) is 5.75 Å².